The van der Waals surface area contributed by atoms with E-state index in [-0.39, 0.29) is 6.10 Å². The molecular formula is C14H17N3O. The number of aryl methyl sites for hydroxylation is 1. The second-order valence-electron chi connectivity index (χ2n) is 5.44. The van der Waals surface area contributed by atoms with Crippen LogP contribution in [0.3, 0.4) is 0 Å². The SMILES string of the molecule is Cc1cc(C#N)cc(N2CC3CCC(O)C3C2)n1. The zero-order valence-electron chi connectivity index (χ0n) is 10.5. The Balaban J connectivity index is 1.85. The molecule has 0 bridgehead atoms. The van der Waals surface area contributed by atoms with Crippen molar-refractivity contribution in [2.45, 2.75) is 25.9 Å². The molecule has 0 amide bonds. The predicted octanol–water partition coefficient (Wildman–Crippen LogP) is 1.47. The van der Waals surface area contributed by atoms with Crippen molar-refractivity contribution in [3.05, 3.63) is 23.4 Å². The molecule has 1 saturated carbocycles. The molecule has 3 unspecified atom stereocenters. The van der Waals surface area contributed by atoms with Gasteiger partial charge in [0, 0.05) is 24.7 Å². The van der Waals surface area contributed by atoms with Crippen LogP contribution in [0.5, 0.6) is 0 Å². The molecule has 3 rings (SSSR count). The Morgan fingerprint density at radius 3 is 2.94 bits per heavy atom. The number of aliphatic hydroxyl groups is 1. The number of pyridine rings is 1. The van der Waals surface area contributed by atoms with E-state index in [1.807, 2.05) is 13.0 Å². The fraction of sp³-hybridized carbons (Fsp3) is 0.571. The van der Waals surface area contributed by atoms with E-state index in [9.17, 15) is 5.11 Å². The van der Waals surface area contributed by atoms with E-state index in [1.165, 1.54) is 0 Å². The average molecular weight is 243 g/mol. The lowest BCUT2D eigenvalue weighted by Gasteiger charge is -2.20. The molecule has 1 saturated heterocycles. The molecule has 0 radical (unpaired) electrons. The van der Waals surface area contributed by atoms with Crippen molar-refractivity contribution in [1.82, 2.24) is 4.98 Å². The lowest BCUT2D eigenvalue weighted by Crippen LogP contribution is -2.25. The van der Waals surface area contributed by atoms with Gasteiger partial charge in [0.2, 0.25) is 0 Å². The summed E-state index contributed by atoms with van der Waals surface area (Å²) < 4.78 is 0. The minimum absolute atomic E-state index is 0.153. The van der Waals surface area contributed by atoms with Crippen molar-refractivity contribution in [2.75, 3.05) is 18.0 Å². The fourth-order valence-corrected chi connectivity index (χ4v) is 3.30. The van der Waals surface area contributed by atoms with E-state index in [0.717, 1.165) is 37.4 Å². The number of aliphatic hydroxyl groups excluding tert-OH is 1. The highest BCUT2D eigenvalue weighted by Crippen LogP contribution is 2.39. The summed E-state index contributed by atoms with van der Waals surface area (Å²) in [4.78, 5) is 6.72. The molecule has 3 atom stereocenters. The zero-order chi connectivity index (χ0) is 12.7. The van der Waals surface area contributed by atoms with Crippen LogP contribution >= 0.6 is 0 Å². The molecule has 4 heteroatoms. The molecule has 94 valence electrons. The molecular weight excluding hydrogens is 226 g/mol. The van der Waals surface area contributed by atoms with Gasteiger partial charge in [-0.25, -0.2) is 4.98 Å². The van der Waals surface area contributed by atoms with Crippen LogP contribution in [0.15, 0.2) is 12.1 Å². The van der Waals surface area contributed by atoms with Gasteiger partial charge in [-0.3, -0.25) is 0 Å². The molecule has 1 N–H and O–H groups in total. The van der Waals surface area contributed by atoms with Crippen LogP contribution in [0.4, 0.5) is 5.82 Å². The highest BCUT2D eigenvalue weighted by Gasteiger charge is 2.42. The fourth-order valence-electron chi connectivity index (χ4n) is 3.30. The third kappa shape index (κ3) is 1.85. The summed E-state index contributed by atoms with van der Waals surface area (Å²) in [6.45, 7) is 3.74. The number of hydrogen-bond acceptors (Lipinski definition) is 4. The standard InChI is InChI=1S/C14H17N3O/c1-9-4-10(6-15)5-14(16-9)17-7-11-2-3-13(18)12(11)8-17/h4-5,11-13,18H,2-3,7-8H2,1H3. The third-order valence-electron chi connectivity index (χ3n) is 4.21. The van der Waals surface area contributed by atoms with E-state index in [1.54, 1.807) is 6.07 Å². The van der Waals surface area contributed by atoms with Gasteiger partial charge in [-0.2, -0.15) is 5.26 Å². The summed E-state index contributed by atoms with van der Waals surface area (Å²) in [5, 5.41) is 18.9. The summed E-state index contributed by atoms with van der Waals surface area (Å²) in [5.74, 6) is 1.86. The Labute approximate surface area is 107 Å². The smallest absolute Gasteiger partial charge is 0.130 e. The number of fused-ring (bicyclic) bond motifs is 1. The predicted molar refractivity (Wildman–Crippen MR) is 68.1 cm³/mol. The van der Waals surface area contributed by atoms with Crippen molar-refractivity contribution in [3.63, 3.8) is 0 Å². The van der Waals surface area contributed by atoms with Gasteiger partial charge in [0.15, 0.2) is 0 Å². The Morgan fingerprint density at radius 2 is 2.22 bits per heavy atom. The van der Waals surface area contributed by atoms with Crippen LogP contribution in [-0.2, 0) is 0 Å². The van der Waals surface area contributed by atoms with Gasteiger partial charge < -0.3 is 10.0 Å². The lowest BCUT2D eigenvalue weighted by atomic mass is 10.00. The highest BCUT2D eigenvalue weighted by atomic mass is 16.3. The maximum Gasteiger partial charge on any atom is 0.130 e. The Kier molecular flexibility index (Phi) is 2.71. The van der Waals surface area contributed by atoms with Gasteiger partial charge in [0.05, 0.1) is 17.7 Å². The van der Waals surface area contributed by atoms with Gasteiger partial charge in [0.25, 0.3) is 0 Å². The number of anilines is 1. The van der Waals surface area contributed by atoms with E-state index in [2.05, 4.69) is 16.0 Å². The molecule has 0 spiro atoms. The lowest BCUT2D eigenvalue weighted by molar-refractivity contribution is 0.133. The van der Waals surface area contributed by atoms with Crippen LogP contribution < -0.4 is 4.90 Å². The molecule has 0 aromatic carbocycles. The Hall–Kier alpha value is -1.60. The number of aromatic nitrogens is 1. The van der Waals surface area contributed by atoms with E-state index >= 15 is 0 Å². The number of nitrogens with zero attached hydrogens (tertiary/aromatic N) is 3. The van der Waals surface area contributed by atoms with Crippen LogP contribution in [0, 0.1) is 30.1 Å². The first-order chi connectivity index (χ1) is 8.67. The topological polar surface area (TPSA) is 60.2 Å². The average Bonchev–Trinajstić information content (AvgIpc) is 2.91. The van der Waals surface area contributed by atoms with Gasteiger partial charge in [-0.1, -0.05) is 0 Å². The van der Waals surface area contributed by atoms with Crippen LogP contribution in [0.25, 0.3) is 0 Å². The van der Waals surface area contributed by atoms with Gasteiger partial charge in [-0.15, -0.1) is 0 Å². The van der Waals surface area contributed by atoms with Crippen LogP contribution in [-0.4, -0.2) is 29.3 Å². The molecule has 1 aromatic heterocycles. The van der Waals surface area contributed by atoms with Crippen LogP contribution in [0.1, 0.15) is 24.1 Å². The van der Waals surface area contributed by atoms with Crippen molar-refractivity contribution < 1.29 is 5.11 Å². The maximum atomic E-state index is 9.92. The van der Waals surface area contributed by atoms with Crippen molar-refractivity contribution in [1.29, 1.82) is 5.26 Å². The Bertz CT molecular complexity index is 508. The van der Waals surface area contributed by atoms with Gasteiger partial charge in [0.1, 0.15) is 5.82 Å². The largest absolute Gasteiger partial charge is 0.393 e. The minimum Gasteiger partial charge on any atom is -0.393 e. The summed E-state index contributed by atoms with van der Waals surface area (Å²) in [6, 6.07) is 5.82. The molecule has 2 aliphatic rings. The van der Waals surface area contributed by atoms with Crippen molar-refractivity contribution in [3.8, 4) is 6.07 Å². The van der Waals surface area contributed by atoms with Crippen molar-refractivity contribution >= 4 is 5.82 Å². The maximum absolute atomic E-state index is 9.92. The highest BCUT2D eigenvalue weighted by molar-refractivity contribution is 5.47. The molecule has 1 aliphatic heterocycles. The molecule has 4 nitrogen and oxygen atoms in total. The first-order valence-electron chi connectivity index (χ1n) is 6.49. The molecule has 2 heterocycles. The number of rotatable bonds is 1. The molecule has 1 aromatic rings. The summed E-state index contributed by atoms with van der Waals surface area (Å²) in [6.07, 6.45) is 1.90. The van der Waals surface area contributed by atoms with Gasteiger partial charge >= 0.3 is 0 Å². The summed E-state index contributed by atoms with van der Waals surface area (Å²) >= 11 is 0. The first-order valence-corrected chi connectivity index (χ1v) is 6.49. The number of hydrogen-bond donors (Lipinski definition) is 1. The first kappa shape index (κ1) is 11.5. The zero-order valence-corrected chi connectivity index (χ0v) is 10.5. The summed E-state index contributed by atoms with van der Waals surface area (Å²) in [7, 11) is 0. The van der Waals surface area contributed by atoms with Gasteiger partial charge in [-0.05, 0) is 37.8 Å². The normalized spacial score (nSPS) is 30.3. The second-order valence-corrected chi connectivity index (χ2v) is 5.44. The second kappa shape index (κ2) is 4.25. The van der Waals surface area contributed by atoms with E-state index in [4.69, 9.17) is 5.26 Å². The van der Waals surface area contributed by atoms with Crippen molar-refractivity contribution in [2.24, 2.45) is 11.8 Å². The van der Waals surface area contributed by atoms with E-state index < -0.39 is 0 Å². The molecule has 18 heavy (non-hydrogen) atoms. The summed E-state index contributed by atoms with van der Waals surface area (Å²) in [5.41, 5.74) is 1.54. The van der Waals surface area contributed by atoms with E-state index in [0.29, 0.717) is 17.4 Å². The quantitative estimate of drug-likeness (QED) is 0.811. The molecule has 2 fully saturated rings. The monoisotopic (exact) mass is 243 g/mol. The molecule has 1 aliphatic carbocycles. The van der Waals surface area contributed by atoms with Crippen LogP contribution in [0.2, 0.25) is 0 Å². The third-order valence-corrected chi connectivity index (χ3v) is 4.21. The minimum atomic E-state index is -0.153. The number of nitriles is 1. The Morgan fingerprint density at radius 1 is 1.39 bits per heavy atom.